The number of carbonyl (C=O) groups is 2. The molecule has 1 amide bonds. The number of aromatic nitrogens is 2. The number of rotatable bonds is 4. The molecule has 0 spiro atoms. The van der Waals surface area contributed by atoms with Crippen molar-refractivity contribution < 1.29 is 19.8 Å². The summed E-state index contributed by atoms with van der Waals surface area (Å²) in [5, 5.41) is 21.5. The smallest absolute Gasteiger partial charge is 0.335 e. The van der Waals surface area contributed by atoms with Crippen LogP contribution in [-0.4, -0.2) is 31.5 Å². The lowest BCUT2D eigenvalue weighted by Gasteiger charge is -2.08. The zero-order valence-electron chi connectivity index (χ0n) is 14.5. The topological polar surface area (TPSA) is 104 Å². The third kappa shape index (κ3) is 3.28. The Morgan fingerprint density at radius 2 is 1.75 bits per heavy atom. The van der Waals surface area contributed by atoms with E-state index in [4.69, 9.17) is 5.11 Å². The van der Waals surface area contributed by atoms with Crippen molar-refractivity contribution in [2.45, 2.75) is 0 Å². The average Bonchev–Trinajstić information content (AvgIpc) is 3.13. The lowest BCUT2D eigenvalue weighted by molar-refractivity contribution is 0.0696. The molecule has 28 heavy (non-hydrogen) atoms. The second kappa shape index (κ2) is 6.88. The number of nitrogens with one attached hydrogen (secondary N) is 1. The molecule has 2 aromatic heterocycles. The van der Waals surface area contributed by atoms with E-state index in [9.17, 15) is 14.7 Å². The molecule has 7 nitrogen and oxygen atoms in total. The maximum atomic E-state index is 12.5. The molecule has 0 radical (unpaired) electrons. The van der Waals surface area contributed by atoms with Crippen LogP contribution in [0.1, 0.15) is 20.7 Å². The van der Waals surface area contributed by atoms with Gasteiger partial charge >= 0.3 is 5.97 Å². The SMILES string of the molecule is O=C(O)c1ccc(NC(=O)c2ccn3cc(-c4ccccc4)nc3c2)c(O)c1. The van der Waals surface area contributed by atoms with Crippen LogP contribution in [0.2, 0.25) is 0 Å². The molecule has 0 fully saturated rings. The average molecular weight is 373 g/mol. The summed E-state index contributed by atoms with van der Waals surface area (Å²) >= 11 is 0. The Bertz CT molecular complexity index is 1200. The van der Waals surface area contributed by atoms with Gasteiger partial charge in [-0.05, 0) is 30.3 Å². The van der Waals surface area contributed by atoms with Crippen molar-refractivity contribution in [2.24, 2.45) is 0 Å². The van der Waals surface area contributed by atoms with Gasteiger partial charge in [0.05, 0.1) is 16.9 Å². The molecule has 2 heterocycles. The van der Waals surface area contributed by atoms with Crippen LogP contribution in [0.5, 0.6) is 5.75 Å². The summed E-state index contributed by atoms with van der Waals surface area (Å²) in [6.45, 7) is 0. The molecular formula is C21H15N3O4. The maximum Gasteiger partial charge on any atom is 0.335 e. The van der Waals surface area contributed by atoms with Crippen LogP contribution in [0.3, 0.4) is 0 Å². The van der Waals surface area contributed by atoms with Gasteiger partial charge in [0.15, 0.2) is 0 Å². The molecule has 0 atom stereocenters. The minimum Gasteiger partial charge on any atom is -0.506 e. The second-order valence-corrected chi connectivity index (χ2v) is 6.16. The highest BCUT2D eigenvalue weighted by atomic mass is 16.4. The third-order valence-corrected chi connectivity index (χ3v) is 4.28. The highest BCUT2D eigenvalue weighted by molar-refractivity contribution is 6.05. The summed E-state index contributed by atoms with van der Waals surface area (Å²) in [7, 11) is 0. The van der Waals surface area contributed by atoms with Crippen LogP contribution in [0, 0.1) is 0 Å². The van der Waals surface area contributed by atoms with Gasteiger partial charge in [0.25, 0.3) is 5.91 Å². The summed E-state index contributed by atoms with van der Waals surface area (Å²) in [6, 6.07) is 16.7. The van der Waals surface area contributed by atoms with E-state index in [0.29, 0.717) is 11.2 Å². The van der Waals surface area contributed by atoms with Crippen LogP contribution < -0.4 is 5.32 Å². The number of carbonyl (C=O) groups excluding carboxylic acids is 1. The summed E-state index contributed by atoms with van der Waals surface area (Å²) in [5.74, 6) is -1.92. The summed E-state index contributed by atoms with van der Waals surface area (Å²) in [4.78, 5) is 28.0. The number of amides is 1. The number of pyridine rings is 1. The normalized spacial score (nSPS) is 10.7. The Morgan fingerprint density at radius 3 is 2.46 bits per heavy atom. The van der Waals surface area contributed by atoms with Gasteiger partial charge in [0, 0.05) is 23.5 Å². The van der Waals surface area contributed by atoms with Crippen LogP contribution in [0.15, 0.2) is 73.1 Å². The molecule has 2 aromatic carbocycles. The number of aromatic hydroxyl groups is 1. The number of imidazole rings is 1. The van der Waals surface area contributed by atoms with Crippen LogP contribution in [0.25, 0.3) is 16.9 Å². The Hall–Kier alpha value is -4.13. The zero-order valence-corrected chi connectivity index (χ0v) is 14.5. The number of carboxylic acids is 1. The summed E-state index contributed by atoms with van der Waals surface area (Å²) < 4.78 is 1.82. The van der Waals surface area contributed by atoms with Gasteiger partial charge in [0.1, 0.15) is 11.4 Å². The molecule has 0 aliphatic rings. The molecule has 0 unspecified atom stereocenters. The fourth-order valence-corrected chi connectivity index (χ4v) is 2.84. The van der Waals surface area contributed by atoms with Crippen molar-refractivity contribution >= 4 is 23.2 Å². The Morgan fingerprint density at radius 1 is 0.964 bits per heavy atom. The first kappa shape index (κ1) is 17.3. The Balaban J connectivity index is 1.60. The highest BCUT2D eigenvalue weighted by Crippen LogP contribution is 2.25. The van der Waals surface area contributed by atoms with E-state index >= 15 is 0 Å². The first-order valence-electron chi connectivity index (χ1n) is 8.43. The predicted octanol–water partition coefficient (Wildman–Crippen LogP) is 3.66. The van der Waals surface area contributed by atoms with Crippen molar-refractivity contribution in [2.75, 3.05) is 5.32 Å². The second-order valence-electron chi connectivity index (χ2n) is 6.16. The largest absolute Gasteiger partial charge is 0.506 e. The van der Waals surface area contributed by atoms with Crippen LogP contribution in [-0.2, 0) is 0 Å². The lowest BCUT2D eigenvalue weighted by Crippen LogP contribution is -2.12. The number of hydrogen-bond donors (Lipinski definition) is 3. The monoisotopic (exact) mass is 373 g/mol. The fraction of sp³-hybridized carbons (Fsp3) is 0. The number of phenols is 1. The molecule has 4 rings (SSSR count). The fourth-order valence-electron chi connectivity index (χ4n) is 2.84. The standard InChI is InChI=1S/C21H15N3O4/c25-18-10-15(21(27)28)6-7-16(18)23-20(26)14-8-9-24-12-17(22-19(24)11-14)13-4-2-1-3-5-13/h1-12,25H,(H,23,26)(H,27,28). The van der Waals surface area contributed by atoms with Crippen LogP contribution in [0.4, 0.5) is 5.69 Å². The van der Waals surface area contributed by atoms with Crippen molar-refractivity contribution in [1.82, 2.24) is 9.38 Å². The number of phenolic OH excluding ortho intramolecular Hbond substituents is 1. The number of aromatic carboxylic acids is 1. The third-order valence-electron chi connectivity index (χ3n) is 4.28. The maximum absolute atomic E-state index is 12.5. The quantitative estimate of drug-likeness (QED) is 0.474. The van der Waals surface area contributed by atoms with E-state index in [1.165, 1.54) is 12.1 Å². The van der Waals surface area contributed by atoms with Gasteiger partial charge in [-0.2, -0.15) is 0 Å². The molecule has 4 aromatic rings. The molecule has 0 saturated carbocycles. The van der Waals surface area contributed by atoms with Crippen molar-refractivity contribution in [3.8, 4) is 17.0 Å². The van der Waals surface area contributed by atoms with Gasteiger partial charge in [-0.3, -0.25) is 4.79 Å². The van der Waals surface area contributed by atoms with E-state index in [2.05, 4.69) is 10.3 Å². The highest BCUT2D eigenvalue weighted by Gasteiger charge is 2.13. The Kier molecular flexibility index (Phi) is 4.25. The number of anilines is 1. The number of nitrogens with zero attached hydrogens (tertiary/aromatic N) is 2. The molecule has 0 aliphatic carbocycles. The zero-order chi connectivity index (χ0) is 19.7. The minimum atomic E-state index is -1.16. The van der Waals surface area contributed by atoms with Gasteiger partial charge in [-0.1, -0.05) is 30.3 Å². The molecule has 7 heteroatoms. The predicted molar refractivity (Wildman–Crippen MR) is 104 cm³/mol. The minimum absolute atomic E-state index is 0.0669. The first-order valence-corrected chi connectivity index (χ1v) is 8.43. The molecule has 0 aliphatic heterocycles. The molecule has 3 N–H and O–H groups in total. The van der Waals surface area contributed by atoms with Gasteiger partial charge in [0.2, 0.25) is 0 Å². The molecular weight excluding hydrogens is 358 g/mol. The van der Waals surface area contributed by atoms with Crippen LogP contribution >= 0.6 is 0 Å². The van der Waals surface area contributed by atoms with Gasteiger partial charge in [-0.15, -0.1) is 0 Å². The van der Waals surface area contributed by atoms with E-state index in [0.717, 1.165) is 17.3 Å². The number of carboxylic acid groups (broad SMARTS) is 1. The van der Waals surface area contributed by atoms with Crippen molar-refractivity contribution in [3.63, 3.8) is 0 Å². The van der Waals surface area contributed by atoms with E-state index in [-0.39, 0.29) is 17.0 Å². The summed E-state index contributed by atoms with van der Waals surface area (Å²) in [5.41, 5.74) is 2.79. The number of benzene rings is 2. The Labute approximate surface area is 159 Å². The van der Waals surface area contributed by atoms with Gasteiger partial charge in [-0.25, -0.2) is 9.78 Å². The van der Waals surface area contributed by atoms with E-state index in [1.807, 2.05) is 40.9 Å². The molecule has 0 saturated heterocycles. The lowest BCUT2D eigenvalue weighted by atomic mass is 10.1. The van der Waals surface area contributed by atoms with E-state index in [1.54, 1.807) is 18.3 Å². The first-order chi connectivity index (χ1) is 13.5. The number of fused-ring (bicyclic) bond motifs is 1. The van der Waals surface area contributed by atoms with E-state index < -0.39 is 11.9 Å². The van der Waals surface area contributed by atoms with Gasteiger partial charge < -0.3 is 19.9 Å². The summed E-state index contributed by atoms with van der Waals surface area (Å²) in [6.07, 6.45) is 3.61. The molecule has 0 bridgehead atoms. The molecule has 138 valence electrons. The van der Waals surface area contributed by atoms with Crippen molar-refractivity contribution in [1.29, 1.82) is 0 Å². The number of hydrogen-bond acceptors (Lipinski definition) is 4. The van der Waals surface area contributed by atoms with Crippen molar-refractivity contribution in [3.05, 3.63) is 84.2 Å².